The van der Waals surface area contributed by atoms with E-state index in [9.17, 15) is 13.2 Å². The van der Waals surface area contributed by atoms with Gasteiger partial charge < -0.3 is 4.74 Å². The summed E-state index contributed by atoms with van der Waals surface area (Å²) in [6, 6.07) is 7.86. The highest BCUT2D eigenvalue weighted by Gasteiger charge is 2.44. The first-order chi connectivity index (χ1) is 10.9. The molecule has 1 aromatic carbocycles. The van der Waals surface area contributed by atoms with E-state index < -0.39 is 21.5 Å². The summed E-state index contributed by atoms with van der Waals surface area (Å²) in [5, 5.41) is 8.72. The third-order valence-corrected chi connectivity index (χ3v) is 5.03. The largest absolute Gasteiger partial charge is 0.385 e. The van der Waals surface area contributed by atoms with Crippen molar-refractivity contribution >= 4 is 21.8 Å². The van der Waals surface area contributed by atoms with Crippen molar-refractivity contribution in [2.75, 3.05) is 18.4 Å². The maximum Gasteiger partial charge on any atom is 0.323 e. The summed E-state index contributed by atoms with van der Waals surface area (Å²) in [5.41, 5.74) is 0.0453. The molecule has 1 aliphatic rings. The van der Waals surface area contributed by atoms with Gasteiger partial charge in [0.2, 0.25) is 5.91 Å². The fraction of sp³-hybridized carbons (Fsp3) is 0.467. The van der Waals surface area contributed by atoms with E-state index in [2.05, 4.69) is 9.44 Å². The Kier molecular flexibility index (Phi) is 5.23. The Hall–Kier alpha value is -2.11. The Morgan fingerprint density at radius 3 is 2.48 bits per heavy atom. The highest BCUT2D eigenvalue weighted by atomic mass is 32.2. The number of benzene rings is 1. The van der Waals surface area contributed by atoms with Gasteiger partial charge in [-0.05, 0) is 43.5 Å². The van der Waals surface area contributed by atoms with Gasteiger partial charge in [-0.2, -0.15) is 13.7 Å². The van der Waals surface area contributed by atoms with E-state index >= 15 is 0 Å². The maximum absolute atomic E-state index is 12.3. The predicted octanol–water partition coefficient (Wildman–Crippen LogP) is 1.54. The second-order valence-corrected chi connectivity index (χ2v) is 7.02. The third-order valence-electron chi connectivity index (χ3n) is 4.07. The van der Waals surface area contributed by atoms with Crippen molar-refractivity contribution in [3.05, 3.63) is 29.8 Å². The molecule has 0 bridgehead atoms. The molecular formula is C15H19N3O4S. The molecule has 0 atom stereocenters. The van der Waals surface area contributed by atoms with Crippen molar-refractivity contribution in [2.24, 2.45) is 5.41 Å². The Bertz CT molecular complexity index is 703. The van der Waals surface area contributed by atoms with Crippen molar-refractivity contribution in [3.63, 3.8) is 0 Å². The van der Waals surface area contributed by atoms with Gasteiger partial charge in [0.15, 0.2) is 0 Å². The zero-order valence-electron chi connectivity index (χ0n) is 12.8. The number of methoxy groups -OCH3 is 1. The van der Waals surface area contributed by atoms with Crippen LogP contribution >= 0.6 is 0 Å². The molecule has 0 saturated heterocycles. The van der Waals surface area contributed by atoms with Gasteiger partial charge in [-0.3, -0.25) is 9.52 Å². The molecule has 1 aromatic rings. The number of anilines is 1. The van der Waals surface area contributed by atoms with Gasteiger partial charge in [-0.15, -0.1) is 0 Å². The Labute approximate surface area is 135 Å². The molecule has 0 aromatic heterocycles. The lowest BCUT2D eigenvalue weighted by atomic mass is 9.66. The first kappa shape index (κ1) is 17.2. The Balaban J connectivity index is 2.02. The van der Waals surface area contributed by atoms with Crippen LogP contribution in [0.1, 0.15) is 31.2 Å². The molecule has 1 saturated carbocycles. The highest BCUT2D eigenvalue weighted by molar-refractivity contribution is 7.91. The molecule has 1 aliphatic carbocycles. The molecule has 1 amide bonds. The molecule has 124 valence electrons. The van der Waals surface area contributed by atoms with Crippen molar-refractivity contribution < 1.29 is 17.9 Å². The van der Waals surface area contributed by atoms with Crippen LogP contribution in [-0.4, -0.2) is 28.0 Å². The van der Waals surface area contributed by atoms with Crippen LogP contribution < -0.4 is 9.44 Å². The van der Waals surface area contributed by atoms with Gasteiger partial charge in [-0.1, -0.05) is 6.42 Å². The van der Waals surface area contributed by atoms with Crippen LogP contribution in [0.4, 0.5) is 5.69 Å². The second-order valence-electron chi connectivity index (χ2n) is 5.60. The zero-order valence-corrected chi connectivity index (χ0v) is 13.6. The molecule has 8 heteroatoms. The predicted molar refractivity (Wildman–Crippen MR) is 84.6 cm³/mol. The number of carbonyl (C=O) groups is 1. The van der Waals surface area contributed by atoms with Gasteiger partial charge in [0, 0.05) is 13.7 Å². The quantitative estimate of drug-likeness (QED) is 0.784. The maximum atomic E-state index is 12.3. The summed E-state index contributed by atoms with van der Waals surface area (Å²) in [6.45, 7) is 0.413. The average Bonchev–Trinajstić information content (AvgIpc) is 2.46. The van der Waals surface area contributed by atoms with Crippen molar-refractivity contribution in [2.45, 2.75) is 25.7 Å². The molecule has 0 radical (unpaired) electrons. The summed E-state index contributed by atoms with van der Waals surface area (Å²) in [7, 11) is -2.46. The first-order valence-corrected chi connectivity index (χ1v) is 8.73. The van der Waals surface area contributed by atoms with E-state index in [-0.39, 0.29) is 5.69 Å². The third kappa shape index (κ3) is 4.21. The van der Waals surface area contributed by atoms with E-state index in [4.69, 9.17) is 10.00 Å². The van der Waals surface area contributed by atoms with Crippen molar-refractivity contribution in [1.29, 1.82) is 5.26 Å². The van der Waals surface area contributed by atoms with Crippen LogP contribution in [0.3, 0.4) is 0 Å². The molecule has 23 heavy (non-hydrogen) atoms. The number of rotatable bonds is 7. The molecular weight excluding hydrogens is 318 g/mol. The second kappa shape index (κ2) is 6.98. The monoisotopic (exact) mass is 337 g/mol. The SMILES string of the molecule is COCCC1(C(=O)NS(=O)(=O)Nc2ccc(C#N)cc2)CCC1. The summed E-state index contributed by atoms with van der Waals surface area (Å²) >= 11 is 0. The van der Waals surface area contributed by atoms with Gasteiger partial charge in [-0.25, -0.2) is 4.72 Å². The molecule has 0 aliphatic heterocycles. The van der Waals surface area contributed by atoms with E-state index in [0.717, 1.165) is 6.42 Å². The number of nitrogens with one attached hydrogen (secondary N) is 2. The van der Waals surface area contributed by atoms with E-state index in [1.165, 1.54) is 24.3 Å². The van der Waals surface area contributed by atoms with E-state index in [1.807, 2.05) is 6.07 Å². The number of ether oxygens (including phenoxy) is 1. The summed E-state index contributed by atoms with van der Waals surface area (Å²) in [5.74, 6) is -0.498. The number of hydrogen-bond acceptors (Lipinski definition) is 5. The molecule has 2 rings (SSSR count). The van der Waals surface area contributed by atoms with Crippen LogP contribution in [0, 0.1) is 16.7 Å². The molecule has 0 spiro atoms. The lowest BCUT2D eigenvalue weighted by molar-refractivity contribution is -0.135. The van der Waals surface area contributed by atoms with Gasteiger partial charge in [0.05, 0.1) is 22.7 Å². The van der Waals surface area contributed by atoms with Crippen molar-refractivity contribution in [3.8, 4) is 6.07 Å². The first-order valence-electron chi connectivity index (χ1n) is 7.25. The minimum Gasteiger partial charge on any atom is -0.385 e. The minimum absolute atomic E-state index is 0.281. The standard InChI is InChI=1S/C15H19N3O4S/c1-22-10-9-15(7-2-8-15)14(19)18-23(20,21)17-13-5-3-12(11-16)4-6-13/h3-6,17H,2,7-10H2,1H3,(H,18,19). The Morgan fingerprint density at radius 1 is 1.35 bits per heavy atom. The summed E-state index contributed by atoms with van der Waals surface area (Å²) < 4.78 is 33.5. The van der Waals surface area contributed by atoms with Gasteiger partial charge in [0.1, 0.15) is 0 Å². The molecule has 7 nitrogen and oxygen atoms in total. The topological polar surface area (TPSA) is 108 Å². The highest BCUT2D eigenvalue weighted by Crippen LogP contribution is 2.44. The average molecular weight is 337 g/mol. The van der Waals surface area contributed by atoms with Crippen molar-refractivity contribution in [1.82, 2.24) is 4.72 Å². The molecule has 0 unspecified atom stereocenters. The van der Waals surface area contributed by atoms with Crippen LogP contribution in [-0.2, 0) is 19.7 Å². The lowest BCUT2D eigenvalue weighted by Crippen LogP contribution is -2.49. The number of nitriles is 1. The smallest absolute Gasteiger partial charge is 0.323 e. The molecule has 1 fully saturated rings. The zero-order chi connectivity index (χ0) is 16.9. The fourth-order valence-corrected chi connectivity index (χ4v) is 3.47. The summed E-state index contributed by atoms with van der Waals surface area (Å²) in [6.07, 6.45) is 2.73. The van der Waals surface area contributed by atoms with Crippen LogP contribution in [0.15, 0.2) is 24.3 Å². The number of hydrogen-bond donors (Lipinski definition) is 2. The molecule has 2 N–H and O–H groups in total. The number of nitrogens with zero attached hydrogens (tertiary/aromatic N) is 1. The van der Waals surface area contributed by atoms with Crippen LogP contribution in [0.25, 0.3) is 0 Å². The van der Waals surface area contributed by atoms with Gasteiger partial charge in [0.25, 0.3) is 0 Å². The Morgan fingerprint density at radius 2 is 2.00 bits per heavy atom. The normalized spacial score (nSPS) is 16.0. The number of carbonyl (C=O) groups excluding carboxylic acids is 1. The minimum atomic E-state index is -4.01. The van der Waals surface area contributed by atoms with Crippen LogP contribution in [0.5, 0.6) is 0 Å². The van der Waals surface area contributed by atoms with E-state index in [1.54, 1.807) is 7.11 Å². The fourth-order valence-electron chi connectivity index (χ4n) is 2.52. The molecule has 0 heterocycles. The summed E-state index contributed by atoms with van der Waals surface area (Å²) in [4.78, 5) is 12.3. The van der Waals surface area contributed by atoms with Gasteiger partial charge >= 0.3 is 10.2 Å². The number of amides is 1. The van der Waals surface area contributed by atoms with E-state index in [0.29, 0.717) is 31.4 Å². The van der Waals surface area contributed by atoms with Crippen LogP contribution in [0.2, 0.25) is 0 Å². The lowest BCUT2D eigenvalue weighted by Gasteiger charge is -2.39.